The summed E-state index contributed by atoms with van der Waals surface area (Å²) < 4.78 is 26.4. The fourth-order valence-electron chi connectivity index (χ4n) is 4.05. The molecule has 10 heteroatoms. The molecular weight excluding hydrogens is 473 g/mol. The minimum Gasteiger partial charge on any atom is -0.493 e. The zero-order chi connectivity index (χ0) is 24.9. The van der Waals surface area contributed by atoms with Crippen LogP contribution in [0.1, 0.15) is 18.4 Å². The Bertz CT molecular complexity index is 1290. The van der Waals surface area contributed by atoms with Crippen LogP contribution < -0.4 is 20.1 Å². The van der Waals surface area contributed by atoms with Crippen LogP contribution in [0.15, 0.2) is 36.5 Å². The quantitative estimate of drug-likeness (QED) is 0.503. The Morgan fingerprint density at radius 1 is 1.31 bits per heavy atom. The molecule has 0 atom stereocenters. The van der Waals surface area contributed by atoms with Gasteiger partial charge in [0.05, 0.1) is 41.1 Å². The molecule has 3 aromatic rings. The maximum absolute atomic E-state index is 14.6. The first-order valence-electron chi connectivity index (χ1n) is 11.1. The number of carbonyl (C=O) groups is 1. The normalized spacial score (nSPS) is 14.4. The minimum absolute atomic E-state index is 0.0162. The van der Waals surface area contributed by atoms with Crippen LogP contribution in [0.5, 0.6) is 11.5 Å². The van der Waals surface area contributed by atoms with Crippen molar-refractivity contribution < 1.29 is 18.7 Å². The third-order valence-corrected chi connectivity index (χ3v) is 6.25. The molecule has 0 radical (unpaired) electrons. The first-order chi connectivity index (χ1) is 16.9. The van der Waals surface area contributed by atoms with Crippen LogP contribution >= 0.6 is 11.6 Å². The lowest BCUT2D eigenvalue weighted by Gasteiger charge is -2.31. The zero-order valence-electron chi connectivity index (χ0n) is 19.4. The van der Waals surface area contributed by atoms with Crippen molar-refractivity contribution in [2.75, 3.05) is 39.1 Å². The van der Waals surface area contributed by atoms with Gasteiger partial charge < -0.3 is 20.1 Å². The number of nitriles is 1. The van der Waals surface area contributed by atoms with Gasteiger partial charge in [0, 0.05) is 37.8 Å². The topological polar surface area (TPSA) is 99.5 Å². The highest BCUT2D eigenvalue weighted by Crippen LogP contribution is 2.39. The molecule has 1 aliphatic heterocycles. The SMILES string of the molecule is CNC(=O)CN1CCC(Oc2cc3c(Nc4cccc(Cl)c4F)c(C#N)cnc3cc2OC)CC1. The molecule has 1 fully saturated rings. The fraction of sp³-hybridized carbons (Fsp3) is 0.320. The molecule has 1 aromatic heterocycles. The van der Waals surface area contributed by atoms with Crippen molar-refractivity contribution in [3.05, 3.63) is 52.9 Å². The number of fused-ring (bicyclic) bond motifs is 1. The Hall–Kier alpha value is -3.61. The lowest BCUT2D eigenvalue weighted by molar-refractivity contribution is -0.122. The van der Waals surface area contributed by atoms with Crippen LogP contribution in [-0.2, 0) is 4.79 Å². The number of methoxy groups -OCH3 is 1. The first-order valence-corrected chi connectivity index (χ1v) is 11.5. The Kier molecular flexibility index (Phi) is 7.54. The van der Waals surface area contributed by atoms with Gasteiger partial charge in [-0.3, -0.25) is 14.7 Å². The standard InChI is InChI=1S/C25H25ClFN5O3/c1-29-23(33)14-32-8-6-16(7-9-32)35-22-10-17-20(11-21(22)34-2)30-13-15(12-28)25(17)31-19-5-3-4-18(26)24(19)27/h3-5,10-11,13,16H,6-9,14H2,1-2H3,(H,29,33)(H,30,31). The van der Waals surface area contributed by atoms with Crippen molar-refractivity contribution in [2.24, 2.45) is 0 Å². The van der Waals surface area contributed by atoms with Crippen LogP contribution in [-0.4, -0.2) is 55.7 Å². The van der Waals surface area contributed by atoms with E-state index >= 15 is 0 Å². The summed E-state index contributed by atoms with van der Waals surface area (Å²) in [5.41, 5.74) is 1.34. The molecule has 4 rings (SSSR count). The molecule has 0 aliphatic carbocycles. The van der Waals surface area contributed by atoms with E-state index in [-0.39, 0.29) is 28.3 Å². The van der Waals surface area contributed by atoms with Gasteiger partial charge in [0.15, 0.2) is 17.3 Å². The van der Waals surface area contributed by atoms with Gasteiger partial charge in [-0.05, 0) is 31.0 Å². The zero-order valence-corrected chi connectivity index (χ0v) is 20.2. The summed E-state index contributed by atoms with van der Waals surface area (Å²) in [6.07, 6.45) is 2.84. The van der Waals surface area contributed by atoms with E-state index in [0.717, 1.165) is 25.9 Å². The van der Waals surface area contributed by atoms with Gasteiger partial charge in [-0.15, -0.1) is 0 Å². The number of nitrogens with zero attached hydrogens (tertiary/aromatic N) is 3. The fourth-order valence-corrected chi connectivity index (χ4v) is 4.23. The number of ether oxygens (including phenoxy) is 2. The van der Waals surface area contributed by atoms with Gasteiger partial charge in [-0.2, -0.15) is 5.26 Å². The monoisotopic (exact) mass is 497 g/mol. The predicted molar refractivity (Wildman–Crippen MR) is 132 cm³/mol. The number of halogens is 2. The van der Waals surface area contributed by atoms with Crippen molar-refractivity contribution in [1.29, 1.82) is 5.26 Å². The molecule has 0 unspecified atom stereocenters. The maximum Gasteiger partial charge on any atom is 0.233 e. The van der Waals surface area contributed by atoms with Gasteiger partial charge in [0.1, 0.15) is 12.2 Å². The number of rotatable bonds is 7. The van der Waals surface area contributed by atoms with E-state index in [1.165, 1.54) is 12.3 Å². The summed E-state index contributed by atoms with van der Waals surface area (Å²) in [6, 6.07) is 10.2. The van der Waals surface area contributed by atoms with Gasteiger partial charge in [-0.25, -0.2) is 4.39 Å². The molecule has 182 valence electrons. The highest BCUT2D eigenvalue weighted by Gasteiger charge is 2.24. The molecule has 35 heavy (non-hydrogen) atoms. The number of hydrogen-bond donors (Lipinski definition) is 2. The van der Waals surface area contributed by atoms with Crippen LogP contribution in [0.3, 0.4) is 0 Å². The van der Waals surface area contributed by atoms with Crippen molar-refractivity contribution in [2.45, 2.75) is 18.9 Å². The van der Waals surface area contributed by atoms with Gasteiger partial charge in [0.2, 0.25) is 5.91 Å². The second-order valence-electron chi connectivity index (χ2n) is 8.17. The van der Waals surface area contributed by atoms with Gasteiger partial charge in [0.25, 0.3) is 0 Å². The number of anilines is 2. The average molecular weight is 498 g/mol. The number of likely N-dealkylation sites (N-methyl/N-ethyl adjacent to an activating group) is 1. The van der Waals surface area contributed by atoms with E-state index in [0.29, 0.717) is 34.6 Å². The second-order valence-corrected chi connectivity index (χ2v) is 8.58. The molecule has 0 saturated carbocycles. The number of likely N-dealkylation sites (tertiary alicyclic amines) is 1. The molecule has 2 aromatic carbocycles. The third-order valence-electron chi connectivity index (χ3n) is 5.96. The molecule has 2 heterocycles. The van der Waals surface area contributed by atoms with E-state index in [9.17, 15) is 14.4 Å². The van der Waals surface area contributed by atoms with E-state index in [1.54, 1.807) is 38.4 Å². The van der Waals surface area contributed by atoms with Crippen LogP contribution in [0, 0.1) is 17.1 Å². The summed E-state index contributed by atoms with van der Waals surface area (Å²) in [4.78, 5) is 18.1. The number of hydrogen-bond acceptors (Lipinski definition) is 7. The summed E-state index contributed by atoms with van der Waals surface area (Å²) in [7, 11) is 3.17. The molecular formula is C25H25ClFN5O3. The van der Waals surface area contributed by atoms with Crippen LogP contribution in [0.2, 0.25) is 5.02 Å². The molecule has 1 aliphatic rings. The molecule has 2 N–H and O–H groups in total. The average Bonchev–Trinajstić information content (AvgIpc) is 2.87. The van der Waals surface area contributed by atoms with Crippen molar-refractivity contribution >= 4 is 39.8 Å². The molecule has 0 bridgehead atoms. The largest absolute Gasteiger partial charge is 0.493 e. The summed E-state index contributed by atoms with van der Waals surface area (Å²) in [6.45, 7) is 1.82. The van der Waals surface area contributed by atoms with Crippen molar-refractivity contribution in [3.8, 4) is 17.6 Å². The van der Waals surface area contributed by atoms with E-state index in [4.69, 9.17) is 21.1 Å². The Morgan fingerprint density at radius 2 is 2.09 bits per heavy atom. The Balaban J connectivity index is 1.65. The highest BCUT2D eigenvalue weighted by molar-refractivity contribution is 6.31. The van der Waals surface area contributed by atoms with Crippen LogP contribution in [0.4, 0.5) is 15.8 Å². The van der Waals surface area contributed by atoms with Gasteiger partial charge >= 0.3 is 0 Å². The minimum atomic E-state index is -0.614. The summed E-state index contributed by atoms with van der Waals surface area (Å²) in [5.74, 6) is 0.368. The number of benzene rings is 2. The summed E-state index contributed by atoms with van der Waals surface area (Å²) >= 11 is 5.94. The maximum atomic E-state index is 14.6. The van der Waals surface area contributed by atoms with Crippen LogP contribution in [0.25, 0.3) is 10.9 Å². The number of pyridine rings is 1. The smallest absolute Gasteiger partial charge is 0.233 e. The van der Waals surface area contributed by atoms with E-state index in [1.807, 2.05) is 0 Å². The molecule has 1 saturated heterocycles. The number of amides is 1. The lowest BCUT2D eigenvalue weighted by Crippen LogP contribution is -2.43. The van der Waals surface area contributed by atoms with Gasteiger partial charge in [-0.1, -0.05) is 17.7 Å². The van der Waals surface area contributed by atoms with E-state index in [2.05, 4.69) is 26.6 Å². The third kappa shape index (κ3) is 5.39. The molecule has 0 spiro atoms. The number of aromatic nitrogens is 1. The lowest BCUT2D eigenvalue weighted by atomic mass is 10.1. The van der Waals surface area contributed by atoms with Crippen molar-refractivity contribution in [3.63, 3.8) is 0 Å². The molecule has 1 amide bonds. The summed E-state index contributed by atoms with van der Waals surface area (Å²) in [5, 5.41) is 15.9. The Morgan fingerprint density at radius 3 is 2.77 bits per heavy atom. The second kappa shape index (κ2) is 10.8. The first kappa shape index (κ1) is 24.5. The van der Waals surface area contributed by atoms with E-state index < -0.39 is 5.82 Å². The predicted octanol–water partition coefficient (Wildman–Crippen LogP) is 4.24. The number of nitrogens with one attached hydrogen (secondary N) is 2. The highest BCUT2D eigenvalue weighted by atomic mass is 35.5. The van der Waals surface area contributed by atoms with Crippen molar-refractivity contribution in [1.82, 2.24) is 15.2 Å². The molecule has 8 nitrogen and oxygen atoms in total. The number of carbonyl (C=O) groups excluding carboxylic acids is 1. The number of piperidine rings is 1. The Labute approximate surface area is 207 Å².